The third-order valence-corrected chi connectivity index (χ3v) is 7.67. The maximum absolute atomic E-state index is 14.6. The molecular formula is C37H36F14O8. The molecule has 2 unspecified atom stereocenters. The second kappa shape index (κ2) is 18.5. The molecule has 3 aromatic rings. The first kappa shape index (κ1) is 49.0. The second-order valence-corrected chi connectivity index (χ2v) is 13.4. The summed E-state index contributed by atoms with van der Waals surface area (Å²) in [6, 6.07) is 18.1. The number of ether oxygens (including phenoxy) is 7. The van der Waals surface area contributed by atoms with Crippen molar-refractivity contribution in [2.24, 2.45) is 0 Å². The Bertz CT molecular complexity index is 1730. The van der Waals surface area contributed by atoms with Crippen LogP contribution in [0, 0.1) is 0 Å². The molecule has 0 aromatic heterocycles. The van der Waals surface area contributed by atoms with E-state index in [-0.39, 0.29) is 50.5 Å². The highest BCUT2D eigenvalue weighted by Gasteiger charge is 2.67. The minimum absolute atomic E-state index is 0.0249. The zero-order valence-electron chi connectivity index (χ0n) is 31.2. The molecule has 0 aliphatic rings. The molecule has 0 saturated heterocycles. The quantitative estimate of drug-likeness (QED) is 0.0453. The maximum Gasteiger partial charge on any atom is 0.451 e. The molecule has 3 rings (SSSR count). The van der Waals surface area contributed by atoms with E-state index in [9.17, 15) is 66.3 Å². The van der Waals surface area contributed by atoms with Crippen molar-refractivity contribution >= 4 is 5.97 Å². The van der Waals surface area contributed by atoms with Gasteiger partial charge in [-0.3, -0.25) is 9.47 Å². The highest BCUT2D eigenvalue weighted by atomic mass is 19.4. The highest BCUT2D eigenvalue weighted by molar-refractivity contribution is 5.92. The molecular weight excluding hydrogens is 838 g/mol. The largest absolute Gasteiger partial charge is 0.491 e. The van der Waals surface area contributed by atoms with Crippen LogP contribution in [0.5, 0.6) is 17.2 Å². The van der Waals surface area contributed by atoms with Gasteiger partial charge >= 0.3 is 42.2 Å². The van der Waals surface area contributed by atoms with Gasteiger partial charge in [0, 0.05) is 6.07 Å². The first-order chi connectivity index (χ1) is 26.9. The van der Waals surface area contributed by atoms with Gasteiger partial charge in [0.2, 0.25) is 0 Å². The fourth-order valence-electron chi connectivity index (χ4n) is 4.20. The van der Waals surface area contributed by atoms with E-state index in [0.29, 0.717) is 0 Å². The predicted molar refractivity (Wildman–Crippen MR) is 178 cm³/mol. The molecule has 3 aromatic carbocycles. The van der Waals surface area contributed by atoms with E-state index in [2.05, 4.69) is 18.9 Å². The van der Waals surface area contributed by atoms with Gasteiger partial charge in [0.25, 0.3) is 0 Å². The molecule has 0 fully saturated rings. The minimum Gasteiger partial charge on any atom is -0.491 e. The number of halogens is 14. The summed E-state index contributed by atoms with van der Waals surface area (Å²) in [6.07, 6.45) is -22.8. The van der Waals surface area contributed by atoms with E-state index in [0.717, 1.165) is 29.3 Å². The zero-order chi connectivity index (χ0) is 44.7. The molecule has 0 aliphatic heterocycles. The van der Waals surface area contributed by atoms with Gasteiger partial charge < -0.3 is 23.7 Å². The van der Waals surface area contributed by atoms with E-state index in [1.54, 1.807) is 30.3 Å². The van der Waals surface area contributed by atoms with Crippen molar-refractivity contribution in [3.63, 3.8) is 0 Å². The fraction of sp³-hybridized carbons (Fsp3) is 0.486. The minimum atomic E-state index is -6.13. The van der Waals surface area contributed by atoms with Gasteiger partial charge in [-0.1, -0.05) is 42.5 Å². The smallest absolute Gasteiger partial charge is 0.451 e. The average Bonchev–Trinajstić information content (AvgIpc) is 3.09. The Labute approximate surface area is 327 Å². The fourth-order valence-corrected chi connectivity index (χ4v) is 4.20. The highest BCUT2D eigenvalue weighted by Crippen LogP contribution is 2.45. The lowest BCUT2D eigenvalue weighted by atomic mass is 10.1. The molecule has 22 heteroatoms. The van der Waals surface area contributed by atoms with Crippen LogP contribution in [0.25, 0.3) is 11.1 Å². The topological polar surface area (TPSA) is 81.7 Å². The third kappa shape index (κ3) is 13.3. The van der Waals surface area contributed by atoms with Gasteiger partial charge in [0.15, 0.2) is 11.3 Å². The molecule has 0 heterocycles. The molecule has 59 heavy (non-hydrogen) atoms. The second-order valence-electron chi connectivity index (χ2n) is 13.4. The monoisotopic (exact) mass is 874 g/mol. The Balaban J connectivity index is 1.75. The van der Waals surface area contributed by atoms with Gasteiger partial charge in [-0.05, 0) is 63.1 Å². The van der Waals surface area contributed by atoms with E-state index in [1.165, 1.54) is 12.1 Å². The summed E-state index contributed by atoms with van der Waals surface area (Å²) < 4.78 is 223. The summed E-state index contributed by atoms with van der Waals surface area (Å²) in [6.45, 7) is -7.33. The van der Waals surface area contributed by atoms with Crippen LogP contribution in [0.2, 0.25) is 0 Å². The third-order valence-electron chi connectivity index (χ3n) is 7.67. The molecule has 8 nitrogen and oxygen atoms in total. The van der Waals surface area contributed by atoms with Crippen molar-refractivity contribution < 1.29 is 99.4 Å². The maximum atomic E-state index is 14.6. The lowest BCUT2D eigenvalue weighted by Gasteiger charge is -2.34. The molecule has 0 N–H and O–H groups in total. The Morgan fingerprint density at radius 3 is 1.25 bits per heavy atom. The first-order valence-corrected chi connectivity index (χ1v) is 16.9. The molecule has 0 amide bonds. The standard InChI is InChI=1S/C37H36F14O8/c1-30(2,38)36(48,49)58-32(40,34(42,43)44)21-53-14-16-55-27-18-25(29(52)57-26-12-10-24(11-13-26)23-8-6-5-7-9-23)19-28(20-27)56-17-15-54-22-33(41,35(45,46)47)59-37(50,51)31(3,4)39/h5-13,18-20H,14-17,21-22H2,1-4H3. The summed E-state index contributed by atoms with van der Waals surface area (Å²) in [7, 11) is 0. The summed E-state index contributed by atoms with van der Waals surface area (Å²) in [4.78, 5) is 13.1. The van der Waals surface area contributed by atoms with Crippen LogP contribution in [0.3, 0.4) is 0 Å². The van der Waals surface area contributed by atoms with Crippen molar-refractivity contribution in [2.45, 2.75) is 75.3 Å². The van der Waals surface area contributed by atoms with Crippen LogP contribution in [0.4, 0.5) is 61.5 Å². The van der Waals surface area contributed by atoms with Crippen LogP contribution in [-0.4, -0.2) is 93.2 Å². The number of carbonyl (C=O) groups excluding carboxylic acids is 1. The van der Waals surface area contributed by atoms with Gasteiger partial charge in [0.05, 0.1) is 18.8 Å². The number of rotatable bonds is 21. The molecule has 0 radical (unpaired) electrons. The lowest BCUT2D eigenvalue weighted by Crippen LogP contribution is -2.56. The number of hydrogen-bond acceptors (Lipinski definition) is 8. The van der Waals surface area contributed by atoms with Gasteiger partial charge in [-0.15, -0.1) is 0 Å². The van der Waals surface area contributed by atoms with Crippen molar-refractivity contribution in [3.8, 4) is 28.4 Å². The molecule has 0 aliphatic carbocycles. The normalized spacial score (nSPS) is 15.3. The Morgan fingerprint density at radius 1 is 0.492 bits per heavy atom. The van der Waals surface area contributed by atoms with E-state index < -0.39 is 93.2 Å². The van der Waals surface area contributed by atoms with E-state index in [1.807, 2.05) is 12.1 Å². The van der Waals surface area contributed by atoms with Crippen molar-refractivity contribution in [3.05, 3.63) is 78.4 Å². The van der Waals surface area contributed by atoms with E-state index >= 15 is 0 Å². The summed E-state index contributed by atoms with van der Waals surface area (Å²) in [5.41, 5.74) is -6.27. The van der Waals surface area contributed by atoms with Crippen molar-refractivity contribution in [1.29, 1.82) is 0 Å². The zero-order valence-corrected chi connectivity index (χ0v) is 31.2. The van der Waals surface area contributed by atoms with Crippen LogP contribution >= 0.6 is 0 Å². The number of carbonyl (C=O) groups is 1. The van der Waals surface area contributed by atoms with Crippen LogP contribution < -0.4 is 14.2 Å². The number of hydrogen-bond donors (Lipinski definition) is 0. The number of benzene rings is 3. The lowest BCUT2D eigenvalue weighted by molar-refractivity contribution is -0.439. The van der Waals surface area contributed by atoms with Gasteiger partial charge in [-0.25, -0.2) is 13.6 Å². The number of esters is 1. The van der Waals surface area contributed by atoms with Crippen LogP contribution in [0.15, 0.2) is 72.8 Å². The molecule has 0 spiro atoms. The number of alkyl halides is 14. The molecule has 0 saturated carbocycles. The molecule has 0 bridgehead atoms. The Morgan fingerprint density at radius 2 is 0.881 bits per heavy atom. The average molecular weight is 875 g/mol. The summed E-state index contributed by atoms with van der Waals surface area (Å²) in [5, 5.41) is 0. The first-order valence-electron chi connectivity index (χ1n) is 16.9. The Hall–Kier alpha value is -4.41. The van der Waals surface area contributed by atoms with Crippen molar-refractivity contribution in [1.82, 2.24) is 0 Å². The predicted octanol–water partition coefficient (Wildman–Crippen LogP) is 10.5. The molecule has 2 atom stereocenters. The Kier molecular flexibility index (Phi) is 15.3. The summed E-state index contributed by atoms with van der Waals surface area (Å²) >= 11 is 0. The van der Waals surface area contributed by atoms with Crippen molar-refractivity contribution in [2.75, 3.05) is 39.6 Å². The van der Waals surface area contributed by atoms with Crippen LogP contribution in [-0.2, 0) is 18.9 Å². The molecule has 330 valence electrons. The van der Waals surface area contributed by atoms with E-state index in [4.69, 9.17) is 14.2 Å². The summed E-state index contributed by atoms with van der Waals surface area (Å²) in [5.74, 6) is -12.1. The van der Waals surface area contributed by atoms with Gasteiger partial charge in [0.1, 0.15) is 43.7 Å². The SMILES string of the molecule is CC(C)(F)C(F)(F)OC(F)(COCCOc1cc(OCCOCC(F)(OC(F)(F)C(C)(C)F)C(F)(F)F)cc(C(=O)Oc2ccc(-c3ccccc3)cc2)c1)C(F)(F)F. The van der Waals surface area contributed by atoms with Crippen LogP contribution in [0.1, 0.15) is 38.1 Å². The van der Waals surface area contributed by atoms with Gasteiger partial charge in [-0.2, -0.15) is 52.7 Å².